The van der Waals surface area contributed by atoms with E-state index < -0.39 is 0 Å². The maximum Gasteiger partial charge on any atom is 0.325 e. The van der Waals surface area contributed by atoms with Crippen LogP contribution in [-0.2, 0) is 0 Å². The molecule has 0 atom stereocenters. The first-order valence-corrected chi connectivity index (χ1v) is 6.95. The molecule has 0 saturated heterocycles. The van der Waals surface area contributed by atoms with Crippen molar-refractivity contribution in [2.75, 3.05) is 10.6 Å². The molecule has 0 saturated carbocycles. The molecule has 0 aliphatic rings. The molecule has 7 heteroatoms. The number of pyridine rings is 1. The third-order valence-corrected chi connectivity index (χ3v) is 3.75. The summed E-state index contributed by atoms with van der Waals surface area (Å²) >= 11 is 7.41. The summed E-state index contributed by atoms with van der Waals surface area (Å²) in [6.07, 6.45) is 3.20. The fourth-order valence-corrected chi connectivity index (χ4v) is 2.83. The summed E-state index contributed by atoms with van der Waals surface area (Å²) < 4.78 is 0.925. The van der Waals surface area contributed by atoms with Crippen LogP contribution in [0.4, 0.5) is 15.6 Å². The summed E-state index contributed by atoms with van der Waals surface area (Å²) in [5.74, 6) is 0. The van der Waals surface area contributed by atoms with Crippen LogP contribution in [-0.4, -0.2) is 16.0 Å². The van der Waals surface area contributed by atoms with Crippen molar-refractivity contribution in [1.82, 2.24) is 9.97 Å². The Morgan fingerprint density at radius 2 is 2.10 bits per heavy atom. The van der Waals surface area contributed by atoms with E-state index >= 15 is 0 Å². The van der Waals surface area contributed by atoms with Gasteiger partial charge in [-0.05, 0) is 24.3 Å². The predicted octanol–water partition coefficient (Wildman–Crippen LogP) is 3.99. The van der Waals surface area contributed by atoms with Crippen molar-refractivity contribution in [3.8, 4) is 0 Å². The SMILES string of the molecule is O=C(Nc1cccnc1)Nc1nc2c(Cl)cccc2s1. The number of fused-ring (bicyclic) bond motifs is 1. The zero-order valence-corrected chi connectivity index (χ0v) is 11.7. The number of carbonyl (C=O) groups excluding carboxylic acids is 1. The molecule has 0 unspecified atom stereocenters. The largest absolute Gasteiger partial charge is 0.325 e. The van der Waals surface area contributed by atoms with Gasteiger partial charge in [-0.2, -0.15) is 0 Å². The quantitative estimate of drug-likeness (QED) is 0.752. The number of rotatable bonds is 2. The van der Waals surface area contributed by atoms with Gasteiger partial charge in [0.05, 0.1) is 21.6 Å². The van der Waals surface area contributed by atoms with Gasteiger partial charge in [0, 0.05) is 6.20 Å². The van der Waals surface area contributed by atoms with Crippen LogP contribution in [0.3, 0.4) is 0 Å². The maximum absolute atomic E-state index is 11.8. The van der Waals surface area contributed by atoms with Crippen LogP contribution in [0.15, 0.2) is 42.7 Å². The highest BCUT2D eigenvalue weighted by Crippen LogP contribution is 2.30. The molecule has 0 spiro atoms. The first kappa shape index (κ1) is 12.8. The highest BCUT2D eigenvalue weighted by molar-refractivity contribution is 7.22. The second-order valence-electron chi connectivity index (χ2n) is 3.93. The molecule has 0 aliphatic carbocycles. The molecule has 2 aromatic heterocycles. The molecule has 3 rings (SSSR count). The van der Waals surface area contributed by atoms with E-state index in [0.717, 1.165) is 4.70 Å². The molecule has 1 aromatic carbocycles. The topological polar surface area (TPSA) is 66.9 Å². The number of amides is 2. The number of carbonyl (C=O) groups is 1. The fourth-order valence-electron chi connectivity index (χ4n) is 1.66. The average molecular weight is 305 g/mol. The maximum atomic E-state index is 11.8. The molecule has 3 aromatic rings. The average Bonchev–Trinajstić information content (AvgIpc) is 2.83. The van der Waals surface area contributed by atoms with Crippen molar-refractivity contribution in [2.45, 2.75) is 0 Å². The summed E-state index contributed by atoms with van der Waals surface area (Å²) in [7, 11) is 0. The van der Waals surface area contributed by atoms with E-state index in [1.54, 1.807) is 30.6 Å². The zero-order chi connectivity index (χ0) is 13.9. The van der Waals surface area contributed by atoms with E-state index in [1.165, 1.54) is 11.3 Å². The van der Waals surface area contributed by atoms with Crippen LogP contribution in [0, 0.1) is 0 Å². The summed E-state index contributed by atoms with van der Waals surface area (Å²) in [4.78, 5) is 20.0. The summed E-state index contributed by atoms with van der Waals surface area (Å²) in [5.41, 5.74) is 1.31. The number of anilines is 2. The second-order valence-corrected chi connectivity index (χ2v) is 5.36. The number of thiazole rings is 1. The van der Waals surface area contributed by atoms with E-state index in [1.807, 2.05) is 12.1 Å². The molecule has 0 fully saturated rings. The van der Waals surface area contributed by atoms with Gasteiger partial charge in [-0.3, -0.25) is 10.3 Å². The fraction of sp³-hybridized carbons (Fsp3) is 0. The van der Waals surface area contributed by atoms with E-state index in [2.05, 4.69) is 20.6 Å². The number of halogens is 1. The van der Waals surface area contributed by atoms with Gasteiger partial charge in [0.1, 0.15) is 5.52 Å². The van der Waals surface area contributed by atoms with Crippen LogP contribution in [0.25, 0.3) is 10.2 Å². The van der Waals surface area contributed by atoms with Crippen LogP contribution in [0.5, 0.6) is 0 Å². The molecule has 100 valence electrons. The first-order chi connectivity index (χ1) is 9.72. The van der Waals surface area contributed by atoms with Gasteiger partial charge in [-0.1, -0.05) is 29.0 Å². The minimum absolute atomic E-state index is 0.367. The van der Waals surface area contributed by atoms with Crippen LogP contribution < -0.4 is 10.6 Å². The summed E-state index contributed by atoms with van der Waals surface area (Å²) in [5, 5.41) is 6.41. The number of hydrogen-bond acceptors (Lipinski definition) is 4. The normalized spacial score (nSPS) is 10.4. The first-order valence-electron chi connectivity index (χ1n) is 5.75. The highest BCUT2D eigenvalue weighted by atomic mass is 35.5. The molecule has 20 heavy (non-hydrogen) atoms. The molecule has 5 nitrogen and oxygen atoms in total. The summed E-state index contributed by atoms with van der Waals surface area (Å²) in [6, 6.07) is 8.65. The lowest BCUT2D eigenvalue weighted by Gasteiger charge is -2.03. The Morgan fingerprint density at radius 3 is 2.85 bits per heavy atom. The third-order valence-electron chi connectivity index (χ3n) is 2.51. The second kappa shape index (κ2) is 5.44. The number of aromatic nitrogens is 2. The van der Waals surface area contributed by atoms with Crippen molar-refractivity contribution in [1.29, 1.82) is 0 Å². The van der Waals surface area contributed by atoms with Crippen molar-refractivity contribution in [3.05, 3.63) is 47.7 Å². The van der Waals surface area contributed by atoms with Crippen LogP contribution in [0.2, 0.25) is 5.02 Å². The van der Waals surface area contributed by atoms with Crippen molar-refractivity contribution in [2.24, 2.45) is 0 Å². The lowest BCUT2D eigenvalue weighted by Crippen LogP contribution is -2.19. The van der Waals surface area contributed by atoms with Crippen LogP contribution in [0.1, 0.15) is 0 Å². The molecule has 0 bridgehead atoms. The number of benzene rings is 1. The van der Waals surface area contributed by atoms with Crippen molar-refractivity contribution in [3.63, 3.8) is 0 Å². The van der Waals surface area contributed by atoms with Gasteiger partial charge in [0.2, 0.25) is 0 Å². The van der Waals surface area contributed by atoms with Crippen molar-refractivity contribution >= 4 is 50.0 Å². The molecule has 0 aliphatic heterocycles. The van der Waals surface area contributed by atoms with Gasteiger partial charge in [-0.15, -0.1) is 0 Å². The Bertz CT molecular complexity index is 759. The highest BCUT2D eigenvalue weighted by Gasteiger charge is 2.09. The lowest BCUT2D eigenvalue weighted by atomic mass is 10.3. The van der Waals surface area contributed by atoms with Crippen molar-refractivity contribution < 1.29 is 4.79 Å². The zero-order valence-electron chi connectivity index (χ0n) is 10.1. The number of nitrogens with zero attached hydrogens (tertiary/aromatic N) is 2. The van der Waals surface area contributed by atoms with E-state index in [4.69, 9.17) is 11.6 Å². The van der Waals surface area contributed by atoms with Gasteiger partial charge >= 0.3 is 6.03 Å². The summed E-state index contributed by atoms with van der Waals surface area (Å²) in [6.45, 7) is 0. The molecular formula is C13H9ClN4OS. The monoisotopic (exact) mass is 304 g/mol. The van der Waals surface area contributed by atoms with Gasteiger partial charge in [-0.25, -0.2) is 9.78 Å². The predicted molar refractivity (Wildman–Crippen MR) is 81.5 cm³/mol. The molecule has 2 amide bonds. The Balaban J connectivity index is 1.76. The Labute approximate surface area is 123 Å². The number of nitrogens with one attached hydrogen (secondary N) is 2. The Kier molecular flexibility index (Phi) is 3.49. The number of hydrogen-bond donors (Lipinski definition) is 2. The lowest BCUT2D eigenvalue weighted by molar-refractivity contribution is 0.262. The van der Waals surface area contributed by atoms with E-state index in [9.17, 15) is 4.79 Å². The van der Waals surface area contributed by atoms with Gasteiger partial charge in [0.15, 0.2) is 5.13 Å². The van der Waals surface area contributed by atoms with Crippen LogP contribution >= 0.6 is 22.9 Å². The number of para-hydroxylation sites is 1. The van der Waals surface area contributed by atoms with Gasteiger partial charge in [0.25, 0.3) is 0 Å². The van der Waals surface area contributed by atoms with Gasteiger partial charge < -0.3 is 5.32 Å². The minimum atomic E-state index is -0.367. The molecule has 0 radical (unpaired) electrons. The Hall–Kier alpha value is -2.18. The van der Waals surface area contributed by atoms with E-state index in [-0.39, 0.29) is 6.03 Å². The Morgan fingerprint density at radius 1 is 1.20 bits per heavy atom. The molecule has 2 heterocycles. The number of urea groups is 1. The van der Waals surface area contributed by atoms with E-state index in [0.29, 0.717) is 21.4 Å². The minimum Gasteiger partial charge on any atom is -0.306 e. The smallest absolute Gasteiger partial charge is 0.306 e. The molecular weight excluding hydrogens is 296 g/mol. The third kappa shape index (κ3) is 2.71. The molecule has 2 N–H and O–H groups in total. The standard InChI is InChI=1S/C13H9ClN4OS/c14-9-4-1-5-10-11(9)17-13(20-10)18-12(19)16-8-3-2-6-15-7-8/h1-7H,(H2,16,17,18,19).